The first-order valence-electron chi connectivity index (χ1n) is 10.3. The molecule has 3 fully saturated rings. The molecule has 6 heteroatoms. The monoisotopic (exact) mass is 359 g/mol. The number of nitrogens with zero attached hydrogens (tertiary/aromatic N) is 4. The molecule has 1 aliphatic carbocycles. The molecule has 0 amide bonds. The number of ether oxygens (including phenoxy) is 1. The van der Waals surface area contributed by atoms with E-state index in [2.05, 4.69) is 15.9 Å². The van der Waals surface area contributed by atoms with Crippen LogP contribution < -0.4 is 10.6 Å². The van der Waals surface area contributed by atoms with E-state index in [9.17, 15) is 0 Å². The topological polar surface area (TPSA) is 67.5 Å². The summed E-state index contributed by atoms with van der Waals surface area (Å²) >= 11 is 0. The van der Waals surface area contributed by atoms with Gasteiger partial charge in [-0.2, -0.15) is 0 Å². The van der Waals surface area contributed by atoms with Crippen LogP contribution in [0.1, 0.15) is 62.4 Å². The fourth-order valence-electron chi connectivity index (χ4n) is 4.71. The third kappa shape index (κ3) is 4.02. The normalized spacial score (nSPS) is 28.2. The summed E-state index contributed by atoms with van der Waals surface area (Å²) in [7, 11) is 1.71. The Morgan fingerprint density at radius 3 is 2.46 bits per heavy atom. The molecule has 0 aromatic carbocycles. The molecule has 0 unspecified atom stereocenters. The summed E-state index contributed by atoms with van der Waals surface area (Å²) in [5.74, 6) is 2.38. The molecule has 6 nitrogen and oxygen atoms in total. The first kappa shape index (κ1) is 18.1. The van der Waals surface area contributed by atoms with Crippen molar-refractivity contribution in [1.29, 1.82) is 0 Å². The lowest BCUT2D eigenvalue weighted by Gasteiger charge is -2.41. The van der Waals surface area contributed by atoms with E-state index < -0.39 is 0 Å². The molecule has 3 aliphatic rings. The highest BCUT2D eigenvalue weighted by Gasteiger charge is 2.31. The number of hydrogen-bond acceptors (Lipinski definition) is 6. The van der Waals surface area contributed by atoms with Gasteiger partial charge < -0.3 is 20.3 Å². The molecule has 3 heterocycles. The highest BCUT2D eigenvalue weighted by molar-refractivity contribution is 5.42. The maximum absolute atomic E-state index is 5.99. The molecule has 2 saturated heterocycles. The summed E-state index contributed by atoms with van der Waals surface area (Å²) in [5, 5.41) is 0. The minimum atomic E-state index is 0.338. The standard InChI is InChI=1S/C20H33N5O/c1-26-14-19-22-18(15-11-16(21)12-15)13-20(23-19)25-9-5-17(6-10-25)24-7-3-2-4-8-24/h13,15-17H,2-12,14,21H2,1H3. The lowest BCUT2D eigenvalue weighted by molar-refractivity contribution is 0.141. The first-order chi connectivity index (χ1) is 12.7. The van der Waals surface area contributed by atoms with Gasteiger partial charge in [0.25, 0.3) is 0 Å². The van der Waals surface area contributed by atoms with Gasteiger partial charge in [0.15, 0.2) is 5.82 Å². The maximum atomic E-state index is 5.99. The van der Waals surface area contributed by atoms with Crippen molar-refractivity contribution < 1.29 is 4.74 Å². The number of aromatic nitrogens is 2. The highest BCUT2D eigenvalue weighted by atomic mass is 16.5. The second-order valence-corrected chi connectivity index (χ2v) is 8.24. The summed E-state index contributed by atoms with van der Waals surface area (Å²) in [6.07, 6.45) is 8.73. The van der Waals surface area contributed by atoms with Crippen LogP contribution in [0.4, 0.5) is 5.82 Å². The average Bonchev–Trinajstić information content (AvgIpc) is 2.66. The minimum Gasteiger partial charge on any atom is -0.377 e. The van der Waals surface area contributed by atoms with E-state index in [1.165, 1.54) is 45.2 Å². The van der Waals surface area contributed by atoms with Crippen LogP contribution in [0.15, 0.2) is 6.07 Å². The minimum absolute atomic E-state index is 0.338. The Morgan fingerprint density at radius 2 is 1.81 bits per heavy atom. The SMILES string of the molecule is COCc1nc(C2CC(N)C2)cc(N2CCC(N3CCCCC3)CC2)n1. The number of piperidine rings is 2. The van der Waals surface area contributed by atoms with Gasteiger partial charge in [-0.05, 0) is 51.6 Å². The molecule has 1 saturated carbocycles. The number of nitrogens with two attached hydrogens (primary N) is 1. The molecule has 144 valence electrons. The third-order valence-corrected chi connectivity index (χ3v) is 6.34. The largest absolute Gasteiger partial charge is 0.377 e. The molecule has 0 radical (unpaired) electrons. The van der Waals surface area contributed by atoms with E-state index in [1.54, 1.807) is 7.11 Å². The van der Waals surface area contributed by atoms with Crippen LogP contribution in [-0.2, 0) is 11.3 Å². The molecular formula is C20H33N5O. The predicted molar refractivity (Wildman–Crippen MR) is 103 cm³/mol. The quantitative estimate of drug-likeness (QED) is 0.870. The molecule has 1 aromatic heterocycles. The Balaban J connectivity index is 1.43. The van der Waals surface area contributed by atoms with Crippen LogP contribution in [0, 0.1) is 0 Å². The van der Waals surface area contributed by atoms with Crippen molar-refractivity contribution in [2.24, 2.45) is 5.73 Å². The predicted octanol–water partition coefficient (Wildman–Crippen LogP) is 2.28. The van der Waals surface area contributed by atoms with Gasteiger partial charge in [0.05, 0.1) is 0 Å². The Bertz CT molecular complexity index is 590. The van der Waals surface area contributed by atoms with Gasteiger partial charge in [0.2, 0.25) is 0 Å². The molecule has 4 rings (SSSR count). The maximum Gasteiger partial charge on any atom is 0.156 e. The van der Waals surface area contributed by atoms with Gasteiger partial charge >= 0.3 is 0 Å². The van der Waals surface area contributed by atoms with Crippen LogP contribution in [-0.4, -0.2) is 60.2 Å². The summed E-state index contributed by atoms with van der Waals surface area (Å²) in [4.78, 5) is 14.7. The van der Waals surface area contributed by atoms with Crippen molar-refractivity contribution in [3.05, 3.63) is 17.6 Å². The first-order valence-corrected chi connectivity index (χ1v) is 10.3. The van der Waals surface area contributed by atoms with Crippen LogP contribution in [0.3, 0.4) is 0 Å². The fraction of sp³-hybridized carbons (Fsp3) is 0.800. The van der Waals surface area contributed by atoms with Crippen LogP contribution in [0.5, 0.6) is 0 Å². The number of likely N-dealkylation sites (tertiary alicyclic amines) is 1. The zero-order valence-corrected chi connectivity index (χ0v) is 16.1. The molecule has 0 atom stereocenters. The average molecular weight is 360 g/mol. The number of methoxy groups -OCH3 is 1. The van der Waals surface area contributed by atoms with Crippen molar-refractivity contribution >= 4 is 5.82 Å². The van der Waals surface area contributed by atoms with E-state index in [4.69, 9.17) is 20.4 Å². The lowest BCUT2D eigenvalue weighted by atomic mass is 9.78. The van der Waals surface area contributed by atoms with Crippen LogP contribution >= 0.6 is 0 Å². The summed E-state index contributed by atoms with van der Waals surface area (Å²) in [6, 6.07) is 3.30. The van der Waals surface area contributed by atoms with Gasteiger partial charge in [0.1, 0.15) is 12.4 Å². The summed E-state index contributed by atoms with van der Waals surface area (Å²) < 4.78 is 5.30. The van der Waals surface area contributed by atoms with Gasteiger partial charge in [0, 0.05) is 50.0 Å². The van der Waals surface area contributed by atoms with Crippen LogP contribution in [0.25, 0.3) is 0 Å². The van der Waals surface area contributed by atoms with Gasteiger partial charge in [-0.25, -0.2) is 9.97 Å². The van der Waals surface area contributed by atoms with Crippen molar-refractivity contribution in [3.8, 4) is 0 Å². The van der Waals surface area contributed by atoms with E-state index in [0.29, 0.717) is 18.6 Å². The second-order valence-electron chi connectivity index (χ2n) is 8.24. The number of rotatable bonds is 5. The van der Waals surface area contributed by atoms with Crippen molar-refractivity contribution in [2.45, 2.75) is 69.6 Å². The van der Waals surface area contributed by atoms with Crippen LogP contribution in [0.2, 0.25) is 0 Å². The molecule has 0 spiro atoms. The number of hydrogen-bond donors (Lipinski definition) is 1. The zero-order chi connectivity index (χ0) is 17.9. The Morgan fingerprint density at radius 1 is 1.08 bits per heavy atom. The van der Waals surface area contributed by atoms with E-state index in [0.717, 1.165) is 49.3 Å². The Labute approximate surface area is 157 Å². The molecule has 0 bridgehead atoms. The van der Waals surface area contributed by atoms with Crippen molar-refractivity contribution in [3.63, 3.8) is 0 Å². The van der Waals surface area contributed by atoms with Gasteiger partial charge in [-0.1, -0.05) is 6.42 Å². The zero-order valence-electron chi connectivity index (χ0n) is 16.1. The summed E-state index contributed by atoms with van der Waals surface area (Å²) in [5.41, 5.74) is 7.14. The lowest BCUT2D eigenvalue weighted by Crippen LogP contribution is -2.47. The Hall–Kier alpha value is -1.24. The van der Waals surface area contributed by atoms with Crippen molar-refractivity contribution in [1.82, 2.24) is 14.9 Å². The smallest absolute Gasteiger partial charge is 0.156 e. The Kier molecular flexibility index (Phi) is 5.72. The van der Waals surface area contributed by atoms with E-state index >= 15 is 0 Å². The van der Waals surface area contributed by atoms with E-state index in [-0.39, 0.29) is 0 Å². The molecule has 26 heavy (non-hydrogen) atoms. The molecule has 2 aliphatic heterocycles. The molecular weight excluding hydrogens is 326 g/mol. The molecule has 2 N–H and O–H groups in total. The number of anilines is 1. The third-order valence-electron chi connectivity index (χ3n) is 6.34. The van der Waals surface area contributed by atoms with Gasteiger partial charge in [-0.3, -0.25) is 0 Å². The van der Waals surface area contributed by atoms with Crippen molar-refractivity contribution in [2.75, 3.05) is 38.2 Å². The highest BCUT2D eigenvalue weighted by Crippen LogP contribution is 2.36. The van der Waals surface area contributed by atoms with E-state index in [1.807, 2.05) is 0 Å². The second kappa shape index (κ2) is 8.19. The molecule has 1 aromatic rings. The fourth-order valence-corrected chi connectivity index (χ4v) is 4.71. The van der Waals surface area contributed by atoms with Gasteiger partial charge in [-0.15, -0.1) is 0 Å². The summed E-state index contributed by atoms with van der Waals surface area (Å²) in [6.45, 7) is 5.25.